The van der Waals surface area contributed by atoms with Crippen LogP contribution >= 0.6 is 11.6 Å². The molecule has 5 nitrogen and oxygen atoms in total. The lowest BCUT2D eigenvalue weighted by Crippen LogP contribution is -2.51. The lowest BCUT2D eigenvalue weighted by atomic mass is 10.2. The molecule has 6 heteroatoms. The molecular weight excluding hydrogens is 314 g/mol. The largest absolute Gasteiger partial charge is 0.393 e. The first-order valence-electron chi connectivity index (χ1n) is 8.10. The van der Waals surface area contributed by atoms with Gasteiger partial charge < -0.3 is 14.9 Å². The molecule has 1 aliphatic rings. The van der Waals surface area contributed by atoms with Gasteiger partial charge in [0.05, 0.1) is 12.6 Å². The number of hydrogen-bond acceptors (Lipinski definition) is 4. The van der Waals surface area contributed by atoms with Crippen LogP contribution in [0.4, 0.5) is 5.69 Å². The Morgan fingerprint density at radius 1 is 1.35 bits per heavy atom. The molecule has 1 fully saturated rings. The van der Waals surface area contributed by atoms with Crippen molar-refractivity contribution in [2.45, 2.75) is 19.4 Å². The number of halogens is 1. The van der Waals surface area contributed by atoms with Crippen LogP contribution in [-0.4, -0.2) is 73.2 Å². The van der Waals surface area contributed by atoms with Crippen molar-refractivity contribution >= 4 is 23.2 Å². The Morgan fingerprint density at radius 2 is 2.04 bits per heavy atom. The van der Waals surface area contributed by atoms with Crippen LogP contribution in [0.2, 0.25) is 5.02 Å². The van der Waals surface area contributed by atoms with Gasteiger partial charge in [-0.15, -0.1) is 0 Å². The van der Waals surface area contributed by atoms with Crippen molar-refractivity contribution in [1.82, 2.24) is 9.80 Å². The molecule has 0 spiro atoms. The van der Waals surface area contributed by atoms with Crippen molar-refractivity contribution in [1.29, 1.82) is 0 Å². The predicted octanol–water partition coefficient (Wildman–Crippen LogP) is 1.69. The van der Waals surface area contributed by atoms with E-state index >= 15 is 0 Å². The van der Waals surface area contributed by atoms with Gasteiger partial charge in [-0.2, -0.15) is 0 Å². The molecule has 1 unspecified atom stereocenters. The fourth-order valence-electron chi connectivity index (χ4n) is 2.70. The minimum absolute atomic E-state index is 0.156. The molecular formula is C17H26ClN3O2. The molecule has 0 aliphatic carbocycles. The van der Waals surface area contributed by atoms with Gasteiger partial charge in [-0.25, -0.2) is 0 Å². The van der Waals surface area contributed by atoms with Crippen LogP contribution in [0, 0.1) is 0 Å². The molecule has 2 rings (SSSR count). The van der Waals surface area contributed by atoms with E-state index in [1.165, 1.54) is 0 Å². The lowest BCUT2D eigenvalue weighted by Gasteiger charge is -2.36. The zero-order chi connectivity index (χ0) is 16.8. The molecule has 0 saturated carbocycles. The minimum atomic E-state index is -0.325. The summed E-state index contributed by atoms with van der Waals surface area (Å²) in [4.78, 5) is 18.5. The molecule has 0 aromatic heterocycles. The summed E-state index contributed by atoms with van der Waals surface area (Å²) in [7, 11) is 1.92. The highest BCUT2D eigenvalue weighted by Gasteiger charge is 2.22. The third-order valence-corrected chi connectivity index (χ3v) is 4.37. The van der Waals surface area contributed by atoms with Crippen molar-refractivity contribution in [2.24, 2.45) is 0 Å². The minimum Gasteiger partial charge on any atom is -0.393 e. The predicted molar refractivity (Wildman–Crippen MR) is 94.0 cm³/mol. The summed E-state index contributed by atoms with van der Waals surface area (Å²) in [6.07, 6.45) is 0.362. The highest BCUT2D eigenvalue weighted by atomic mass is 35.5. The summed E-state index contributed by atoms with van der Waals surface area (Å²) >= 11 is 6.04. The van der Waals surface area contributed by atoms with E-state index in [2.05, 4.69) is 4.90 Å². The number of aliphatic hydroxyl groups excluding tert-OH is 1. The maximum atomic E-state index is 12.3. The average molecular weight is 340 g/mol. The summed E-state index contributed by atoms with van der Waals surface area (Å²) in [6.45, 7) is 6.01. The molecule has 23 heavy (non-hydrogen) atoms. The number of rotatable bonds is 6. The Labute approximate surface area is 143 Å². The van der Waals surface area contributed by atoms with E-state index in [1.54, 1.807) is 6.92 Å². The van der Waals surface area contributed by atoms with Gasteiger partial charge in [0.15, 0.2) is 0 Å². The molecule has 128 valence electrons. The summed E-state index contributed by atoms with van der Waals surface area (Å²) in [5.74, 6) is 0.156. The van der Waals surface area contributed by atoms with Crippen LogP contribution in [0.1, 0.15) is 13.3 Å². The van der Waals surface area contributed by atoms with Crippen LogP contribution in [0.5, 0.6) is 0 Å². The Bertz CT molecular complexity index is 516. The summed E-state index contributed by atoms with van der Waals surface area (Å²) < 4.78 is 0. The zero-order valence-corrected chi connectivity index (χ0v) is 14.7. The van der Waals surface area contributed by atoms with Gasteiger partial charge in [0.25, 0.3) is 0 Å². The standard InChI is InChI=1S/C17H26ClN3O2/c1-14(22)6-7-19(2)13-17(23)21-10-8-20(9-11-21)16-5-3-4-15(18)12-16/h3-5,12,14,22H,6-11,13H2,1-2H3. The summed E-state index contributed by atoms with van der Waals surface area (Å²) in [5, 5.41) is 10.0. The SMILES string of the molecule is CC(O)CCN(C)CC(=O)N1CCN(c2cccc(Cl)c2)CC1. The number of likely N-dealkylation sites (N-methyl/N-ethyl adjacent to an activating group) is 1. The van der Waals surface area contributed by atoms with Crippen LogP contribution in [0.3, 0.4) is 0 Å². The van der Waals surface area contributed by atoms with Crippen LogP contribution in [0.15, 0.2) is 24.3 Å². The Hall–Kier alpha value is -1.30. The second-order valence-electron chi connectivity index (χ2n) is 6.22. The van der Waals surface area contributed by atoms with Gasteiger partial charge >= 0.3 is 0 Å². The van der Waals surface area contributed by atoms with Crippen LogP contribution < -0.4 is 4.90 Å². The number of carbonyl (C=O) groups excluding carboxylic acids is 1. The van der Waals surface area contributed by atoms with E-state index in [1.807, 2.05) is 41.1 Å². The van der Waals surface area contributed by atoms with Crippen molar-refractivity contribution in [3.8, 4) is 0 Å². The third-order valence-electron chi connectivity index (χ3n) is 4.14. The molecule has 1 amide bonds. The number of benzene rings is 1. The van der Waals surface area contributed by atoms with Crippen molar-refractivity contribution < 1.29 is 9.90 Å². The van der Waals surface area contributed by atoms with Crippen molar-refractivity contribution in [2.75, 3.05) is 51.2 Å². The van der Waals surface area contributed by atoms with E-state index in [0.717, 1.165) is 43.4 Å². The Morgan fingerprint density at radius 3 is 2.65 bits per heavy atom. The first-order chi connectivity index (χ1) is 11.0. The van der Waals surface area contributed by atoms with E-state index in [9.17, 15) is 9.90 Å². The molecule has 1 N–H and O–H groups in total. The molecule has 1 saturated heterocycles. The van der Waals surface area contributed by atoms with E-state index < -0.39 is 0 Å². The quantitative estimate of drug-likeness (QED) is 0.857. The summed E-state index contributed by atoms with van der Waals surface area (Å²) in [5.41, 5.74) is 1.11. The fourth-order valence-corrected chi connectivity index (χ4v) is 2.89. The number of anilines is 1. The molecule has 0 bridgehead atoms. The topological polar surface area (TPSA) is 47.0 Å². The van der Waals surface area contributed by atoms with Gasteiger partial charge in [-0.3, -0.25) is 9.69 Å². The number of hydrogen-bond donors (Lipinski definition) is 1. The molecule has 1 atom stereocenters. The number of nitrogens with zero attached hydrogens (tertiary/aromatic N) is 3. The zero-order valence-electron chi connectivity index (χ0n) is 13.9. The fraction of sp³-hybridized carbons (Fsp3) is 0.588. The first kappa shape index (κ1) is 18.0. The highest BCUT2D eigenvalue weighted by molar-refractivity contribution is 6.30. The van der Waals surface area contributed by atoms with Gasteiger partial charge in [-0.05, 0) is 38.6 Å². The third kappa shape index (κ3) is 5.68. The molecule has 1 aromatic carbocycles. The van der Waals surface area contributed by atoms with Gasteiger partial charge in [0.2, 0.25) is 5.91 Å². The van der Waals surface area contributed by atoms with Crippen LogP contribution in [0.25, 0.3) is 0 Å². The van der Waals surface area contributed by atoms with E-state index in [4.69, 9.17) is 11.6 Å². The second-order valence-corrected chi connectivity index (χ2v) is 6.66. The summed E-state index contributed by atoms with van der Waals surface area (Å²) in [6, 6.07) is 7.83. The highest BCUT2D eigenvalue weighted by Crippen LogP contribution is 2.20. The van der Waals surface area contributed by atoms with E-state index in [-0.39, 0.29) is 12.0 Å². The maximum Gasteiger partial charge on any atom is 0.236 e. The molecule has 0 radical (unpaired) electrons. The van der Waals surface area contributed by atoms with Gasteiger partial charge in [0, 0.05) is 43.4 Å². The van der Waals surface area contributed by atoms with E-state index in [0.29, 0.717) is 13.0 Å². The Kier molecular flexibility index (Phi) is 6.69. The number of carbonyl (C=O) groups is 1. The van der Waals surface area contributed by atoms with Crippen LogP contribution in [-0.2, 0) is 4.79 Å². The molecule has 1 heterocycles. The second kappa shape index (κ2) is 8.52. The lowest BCUT2D eigenvalue weighted by molar-refractivity contribution is -0.132. The number of amides is 1. The van der Waals surface area contributed by atoms with Crippen molar-refractivity contribution in [3.05, 3.63) is 29.3 Å². The average Bonchev–Trinajstić information content (AvgIpc) is 2.53. The Balaban J connectivity index is 1.78. The van der Waals surface area contributed by atoms with Gasteiger partial charge in [-0.1, -0.05) is 17.7 Å². The molecule has 1 aromatic rings. The molecule has 1 aliphatic heterocycles. The van der Waals surface area contributed by atoms with Gasteiger partial charge in [0.1, 0.15) is 0 Å². The van der Waals surface area contributed by atoms with Crippen molar-refractivity contribution in [3.63, 3.8) is 0 Å². The normalized spacial score (nSPS) is 16.7. The maximum absolute atomic E-state index is 12.3. The number of piperazine rings is 1. The first-order valence-corrected chi connectivity index (χ1v) is 8.48. The monoisotopic (exact) mass is 339 g/mol. The smallest absolute Gasteiger partial charge is 0.236 e. The number of aliphatic hydroxyl groups is 1.